The van der Waals surface area contributed by atoms with Gasteiger partial charge in [0.05, 0.1) is 5.56 Å². The Morgan fingerprint density at radius 2 is 1.87 bits per heavy atom. The number of allylic oxidation sites excluding steroid dienone is 1. The van der Waals surface area contributed by atoms with E-state index in [4.69, 9.17) is 18.9 Å². The molecule has 0 amide bonds. The fourth-order valence-corrected chi connectivity index (χ4v) is 5.87. The summed E-state index contributed by atoms with van der Waals surface area (Å²) in [6.45, 7) is 8.01. The molecular formula is C26H26F3NO7S. The average molecular weight is 554 g/mol. The van der Waals surface area contributed by atoms with Gasteiger partial charge in [-0.3, -0.25) is 0 Å². The average Bonchev–Trinajstić information content (AvgIpc) is 3.26. The summed E-state index contributed by atoms with van der Waals surface area (Å²) in [5.74, 6) is -2.10. The van der Waals surface area contributed by atoms with Crippen molar-refractivity contribution < 1.29 is 44.7 Å². The van der Waals surface area contributed by atoms with Crippen LogP contribution in [0.1, 0.15) is 38.7 Å². The molecule has 204 valence electrons. The molecule has 2 fully saturated rings. The van der Waals surface area contributed by atoms with E-state index in [9.17, 15) is 21.6 Å². The van der Waals surface area contributed by atoms with Crippen LogP contribution in [-0.4, -0.2) is 31.6 Å². The minimum Gasteiger partial charge on any atom is -0.436 e. The van der Waals surface area contributed by atoms with Crippen molar-refractivity contribution in [3.05, 3.63) is 60.2 Å². The number of hydrogen-bond acceptors (Lipinski definition) is 8. The van der Waals surface area contributed by atoms with Crippen molar-refractivity contribution in [1.29, 1.82) is 0 Å². The number of fused-ring (bicyclic) bond motifs is 1. The quantitative estimate of drug-likeness (QED) is 0.153. The maximum Gasteiger partial charge on any atom is 0.534 e. The van der Waals surface area contributed by atoms with E-state index in [0.29, 0.717) is 23.4 Å². The summed E-state index contributed by atoms with van der Waals surface area (Å²) in [5, 5.41) is 0. The molecule has 5 rings (SSSR count). The van der Waals surface area contributed by atoms with E-state index in [-0.39, 0.29) is 22.9 Å². The highest BCUT2D eigenvalue weighted by atomic mass is 32.2. The van der Waals surface area contributed by atoms with Gasteiger partial charge in [0.15, 0.2) is 16.9 Å². The van der Waals surface area contributed by atoms with E-state index in [1.165, 1.54) is 19.2 Å². The minimum atomic E-state index is -6.03. The lowest BCUT2D eigenvalue weighted by atomic mass is 9.67. The van der Waals surface area contributed by atoms with Crippen molar-refractivity contribution in [2.24, 2.45) is 11.8 Å². The van der Waals surface area contributed by atoms with Crippen molar-refractivity contribution in [2.45, 2.75) is 50.0 Å². The Morgan fingerprint density at radius 3 is 2.47 bits per heavy atom. The zero-order valence-electron chi connectivity index (χ0n) is 20.9. The van der Waals surface area contributed by atoms with Gasteiger partial charge in [0, 0.05) is 18.6 Å². The van der Waals surface area contributed by atoms with Crippen LogP contribution < -0.4 is 4.18 Å². The van der Waals surface area contributed by atoms with Gasteiger partial charge >= 0.3 is 15.6 Å². The number of benzene rings is 2. The van der Waals surface area contributed by atoms with Gasteiger partial charge in [0.2, 0.25) is 5.89 Å². The molecule has 2 aromatic carbocycles. The lowest BCUT2D eigenvalue weighted by Crippen LogP contribution is -2.68. The van der Waals surface area contributed by atoms with Crippen LogP contribution in [0.5, 0.6) is 5.75 Å². The number of aromatic nitrogens is 1. The predicted molar refractivity (Wildman–Crippen MR) is 130 cm³/mol. The van der Waals surface area contributed by atoms with Gasteiger partial charge < -0.3 is 13.3 Å². The topological polar surface area (TPSA) is 97.1 Å². The highest BCUT2D eigenvalue weighted by Gasteiger charge is 2.67. The maximum absolute atomic E-state index is 13.3. The van der Waals surface area contributed by atoms with Crippen LogP contribution in [0.15, 0.2) is 59.0 Å². The number of halogens is 3. The van der Waals surface area contributed by atoms with Crippen LogP contribution in [0.3, 0.4) is 0 Å². The molecule has 2 heterocycles. The van der Waals surface area contributed by atoms with E-state index in [1.54, 1.807) is 31.2 Å². The molecule has 1 aromatic heterocycles. The second-order valence-electron chi connectivity index (χ2n) is 9.97. The fraction of sp³-hybridized carbons (Fsp3) is 0.423. The summed E-state index contributed by atoms with van der Waals surface area (Å²) >= 11 is 0. The Bertz CT molecular complexity index is 1460. The highest BCUT2D eigenvalue weighted by Crippen LogP contribution is 2.57. The molecule has 0 radical (unpaired) electrons. The molecule has 4 atom stereocenters. The molecule has 0 spiro atoms. The maximum atomic E-state index is 13.3. The molecule has 1 aliphatic carbocycles. The SMILES string of the molecule is C=C1CC(C)CC(C2(C)OOC2(OC)c2ccc(-c3nc4ccccc4o3)c(OS(=O)(=O)C(F)(F)F)c2)C1. The Hall–Kier alpha value is -2.93. The number of hydrogen-bond donors (Lipinski definition) is 0. The van der Waals surface area contributed by atoms with Crippen molar-refractivity contribution >= 4 is 21.2 Å². The summed E-state index contributed by atoms with van der Waals surface area (Å²) in [4.78, 5) is 15.4. The summed E-state index contributed by atoms with van der Waals surface area (Å²) in [6, 6.07) is 10.7. The van der Waals surface area contributed by atoms with Gasteiger partial charge in [-0.1, -0.05) is 37.3 Å². The highest BCUT2D eigenvalue weighted by molar-refractivity contribution is 7.88. The third-order valence-electron chi connectivity index (χ3n) is 7.28. The van der Waals surface area contributed by atoms with Crippen LogP contribution in [0, 0.1) is 11.8 Å². The zero-order valence-corrected chi connectivity index (χ0v) is 21.7. The first kappa shape index (κ1) is 26.7. The van der Waals surface area contributed by atoms with Crippen molar-refractivity contribution in [1.82, 2.24) is 4.98 Å². The van der Waals surface area contributed by atoms with Crippen LogP contribution in [0.25, 0.3) is 22.6 Å². The smallest absolute Gasteiger partial charge is 0.436 e. The zero-order chi connectivity index (χ0) is 27.5. The molecule has 0 N–H and O–H groups in total. The number of rotatable bonds is 6. The summed E-state index contributed by atoms with van der Waals surface area (Å²) in [7, 11) is -4.65. The fourth-order valence-electron chi connectivity index (χ4n) is 5.40. The third-order valence-corrected chi connectivity index (χ3v) is 8.25. The molecule has 12 heteroatoms. The largest absolute Gasteiger partial charge is 0.534 e. The summed E-state index contributed by atoms with van der Waals surface area (Å²) in [6.07, 6.45) is 2.29. The summed E-state index contributed by atoms with van der Waals surface area (Å²) < 4.78 is 80.1. The number of ether oxygens (including phenoxy) is 1. The first-order valence-corrected chi connectivity index (χ1v) is 13.3. The monoisotopic (exact) mass is 553 g/mol. The number of oxazole rings is 1. The molecule has 1 aliphatic heterocycles. The third kappa shape index (κ3) is 4.19. The Morgan fingerprint density at radius 1 is 1.13 bits per heavy atom. The number of para-hydroxylation sites is 2. The molecule has 0 bridgehead atoms. The van der Waals surface area contributed by atoms with Crippen LogP contribution in [0.4, 0.5) is 13.2 Å². The van der Waals surface area contributed by atoms with Crippen LogP contribution in [-0.2, 0) is 30.4 Å². The van der Waals surface area contributed by atoms with E-state index in [0.717, 1.165) is 24.5 Å². The first-order valence-electron chi connectivity index (χ1n) is 11.9. The second-order valence-corrected chi connectivity index (χ2v) is 11.5. The van der Waals surface area contributed by atoms with Crippen LogP contribution in [0.2, 0.25) is 0 Å². The van der Waals surface area contributed by atoms with Gasteiger partial charge in [-0.15, -0.1) is 0 Å². The second kappa shape index (κ2) is 9.08. The Kier molecular flexibility index (Phi) is 6.37. The molecule has 8 nitrogen and oxygen atoms in total. The van der Waals surface area contributed by atoms with Gasteiger partial charge in [-0.25, -0.2) is 9.87 Å². The molecule has 3 aromatic rings. The summed E-state index contributed by atoms with van der Waals surface area (Å²) in [5.41, 5.74) is -4.79. The van der Waals surface area contributed by atoms with Gasteiger partial charge in [-0.05, 0) is 56.4 Å². The molecule has 1 saturated carbocycles. The number of methoxy groups -OCH3 is 1. The molecule has 4 unspecified atom stereocenters. The van der Waals surface area contributed by atoms with Crippen LogP contribution >= 0.6 is 0 Å². The number of alkyl halides is 3. The van der Waals surface area contributed by atoms with E-state index >= 15 is 0 Å². The minimum absolute atomic E-state index is 0.0903. The van der Waals surface area contributed by atoms with Crippen molar-refractivity contribution in [2.75, 3.05) is 7.11 Å². The van der Waals surface area contributed by atoms with Gasteiger partial charge in [0.25, 0.3) is 5.79 Å². The van der Waals surface area contributed by atoms with Crippen molar-refractivity contribution in [3.63, 3.8) is 0 Å². The predicted octanol–water partition coefficient (Wildman–Crippen LogP) is 6.24. The first-order chi connectivity index (χ1) is 17.8. The van der Waals surface area contributed by atoms with E-state index < -0.39 is 32.8 Å². The Balaban J connectivity index is 1.63. The molecular weight excluding hydrogens is 527 g/mol. The normalized spacial score (nSPS) is 28.3. The van der Waals surface area contributed by atoms with Gasteiger partial charge in [0.1, 0.15) is 5.52 Å². The van der Waals surface area contributed by atoms with Crippen molar-refractivity contribution in [3.8, 4) is 17.2 Å². The van der Waals surface area contributed by atoms with Gasteiger partial charge in [-0.2, -0.15) is 26.5 Å². The standard InChI is InChI=1S/C26H26F3NO7S/c1-15-11-16(2)13-18(12-15)24(3)25(33-4,37-36-24)17-9-10-19(22(14-17)35-38(31,32)26(27,28)29)23-30-20-7-5-6-8-21(20)34-23/h5-10,14,16,18H,1,11-13H2,2-4H3. The molecule has 1 saturated heterocycles. The number of nitrogens with zero attached hydrogens (tertiary/aromatic N) is 1. The molecule has 2 aliphatic rings. The lowest BCUT2D eigenvalue weighted by molar-refractivity contribution is -0.624. The lowest BCUT2D eigenvalue weighted by Gasteiger charge is -2.57. The Labute approximate surface area is 217 Å². The van der Waals surface area contributed by atoms with E-state index in [2.05, 4.69) is 22.7 Å². The van der Waals surface area contributed by atoms with E-state index in [1.807, 2.05) is 0 Å². The molecule has 38 heavy (non-hydrogen) atoms.